The molecule has 3 rings (SSSR count). The highest BCUT2D eigenvalue weighted by atomic mass is 32.2. The molecule has 0 aliphatic rings. The van der Waals surface area contributed by atoms with Crippen LogP contribution in [0.25, 0.3) is 5.65 Å². The quantitative estimate of drug-likeness (QED) is 0.366. The Hall–Kier alpha value is -2.39. The van der Waals surface area contributed by atoms with Crippen LogP contribution >= 0.6 is 11.8 Å². The zero-order valence-corrected chi connectivity index (χ0v) is 11.3. The van der Waals surface area contributed by atoms with E-state index in [-0.39, 0.29) is 5.56 Å². The van der Waals surface area contributed by atoms with E-state index in [1.165, 1.54) is 17.8 Å². The lowest BCUT2D eigenvalue weighted by Gasteiger charge is -2.06. The fourth-order valence-corrected chi connectivity index (χ4v) is 2.65. The van der Waals surface area contributed by atoms with Gasteiger partial charge in [0, 0.05) is 24.2 Å². The molecule has 0 spiro atoms. The maximum atomic E-state index is 11.5. The number of anilines is 1. The monoisotopic (exact) mass is 289 g/mol. The minimum absolute atomic E-state index is 0.201. The Morgan fingerprint density at radius 2 is 2.30 bits per heavy atom. The van der Waals surface area contributed by atoms with Crippen molar-refractivity contribution in [3.63, 3.8) is 0 Å². The van der Waals surface area contributed by atoms with Gasteiger partial charge in [-0.25, -0.2) is 20.8 Å². The van der Waals surface area contributed by atoms with Crippen LogP contribution in [0.4, 0.5) is 5.82 Å². The van der Waals surface area contributed by atoms with Crippen molar-refractivity contribution < 1.29 is 0 Å². The van der Waals surface area contributed by atoms with E-state index in [1.54, 1.807) is 29.9 Å². The number of hydrazine groups is 1. The molecule has 0 radical (unpaired) electrons. The number of aromatic nitrogens is 5. The van der Waals surface area contributed by atoms with E-state index in [1.807, 2.05) is 0 Å². The predicted octanol–water partition coefficient (Wildman–Crippen LogP) is 0.558. The average molecular weight is 289 g/mol. The Balaban J connectivity index is 2.09. The van der Waals surface area contributed by atoms with Gasteiger partial charge in [-0.1, -0.05) is 0 Å². The summed E-state index contributed by atoms with van der Waals surface area (Å²) >= 11 is 1.22. The summed E-state index contributed by atoms with van der Waals surface area (Å²) in [5.41, 5.74) is 3.60. The number of hydrogen-bond donors (Lipinski definition) is 3. The van der Waals surface area contributed by atoms with Gasteiger partial charge in [0.05, 0.1) is 6.20 Å². The number of nitrogens with two attached hydrogens (primary N) is 1. The number of nitrogen functional groups attached to an aromatic ring is 1. The van der Waals surface area contributed by atoms with Crippen molar-refractivity contribution in [1.29, 1.82) is 0 Å². The van der Waals surface area contributed by atoms with Crippen LogP contribution < -0.4 is 16.8 Å². The first kappa shape index (κ1) is 12.6. The third-order valence-corrected chi connectivity index (χ3v) is 3.39. The van der Waals surface area contributed by atoms with Gasteiger partial charge in [0.2, 0.25) is 0 Å². The Morgan fingerprint density at radius 3 is 3.05 bits per heavy atom. The van der Waals surface area contributed by atoms with Crippen molar-refractivity contribution in [3.8, 4) is 0 Å². The van der Waals surface area contributed by atoms with Gasteiger partial charge >= 0.3 is 0 Å². The summed E-state index contributed by atoms with van der Waals surface area (Å²) in [6.07, 6.45) is 5.17. The second-order valence-corrected chi connectivity index (χ2v) is 5.01. The van der Waals surface area contributed by atoms with Crippen LogP contribution in [0.1, 0.15) is 5.69 Å². The van der Waals surface area contributed by atoms with Gasteiger partial charge in [0.25, 0.3) is 5.56 Å². The number of aromatic amines is 1. The lowest BCUT2D eigenvalue weighted by atomic mass is 10.5. The predicted molar refractivity (Wildman–Crippen MR) is 74.5 cm³/mol. The maximum Gasteiger partial charge on any atom is 0.251 e. The van der Waals surface area contributed by atoms with Gasteiger partial charge in [-0.2, -0.15) is 0 Å². The van der Waals surface area contributed by atoms with Crippen molar-refractivity contribution in [3.05, 3.63) is 40.7 Å². The van der Waals surface area contributed by atoms with Gasteiger partial charge in [0.1, 0.15) is 5.03 Å². The normalized spacial score (nSPS) is 10.9. The number of nitrogens with zero attached hydrogens (tertiary/aromatic N) is 4. The molecule has 0 aliphatic carbocycles. The number of hydrogen-bond acceptors (Lipinski definition) is 7. The first-order valence-electron chi connectivity index (χ1n) is 5.72. The van der Waals surface area contributed by atoms with Gasteiger partial charge < -0.3 is 14.8 Å². The minimum atomic E-state index is -0.201. The van der Waals surface area contributed by atoms with E-state index in [2.05, 4.69) is 25.4 Å². The summed E-state index contributed by atoms with van der Waals surface area (Å²) < 4.78 is 1.79. The van der Waals surface area contributed by atoms with Gasteiger partial charge in [-0.05, 0) is 18.7 Å². The maximum absolute atomic E-state index is 11.5. The number of H-pyrrole nitrogens is 1. The molecule has 9 heteroatoms. The average Bonchev–Trinajstić information content (AvgIpc) is 2.85. The number of aryl methyl sites for hydroxylation is 1. The molecule has 0 unspecified atom stereocenters. The second-order valence-electron chi connectivity index (χ2n) is 4.03. The van der Waals surface area contributed by atoms with Gasteiger partial charge in [0.15, 0.2) is 16.6 Å². The van der Waals surface area contributed by atoms with Crippen molar-refractivity contribution in [1.82, 2.24) is 24.3 Å². The van der Waals surface area contributed by atoms with Crippen molar-refractivity contribution in [2.45, 2.75) is 17.1 Å². The summed E-state index contributed by atoms with van der Waals surface area (Å²) in [5, 5.41) is 1.06. The summed E-state index contributed by atoms with van der Waals surface area (Å²) in [6, 6.07) is 1.43. The molecule has 4 N–H and O–H groups in total. The molecule has 0 saturated heterocycles. The van der Waals surface area contributed by atoms with Crippen LogP contribution in [0.3, 0.4) is 0 Å². The zero-order chi connectivity index (χ0) is 14.1. The summed E-state index contributed by atoms with van der Waals surface area (Å²) in [4.78, 5) is 26.9. The van der Waals surface area contributed by atoms with E-state index >= 15 is 0 Å². The molecular formula is C11H11N7OS. The Bertz CT molecular complexity index is 825. The molecule has 0 fully saturated rings. The Kier molecular flexibility index (Phi) is 3.12. The van der Waals surface area contributed by atoms with Crippen molar-refractivity contribution in [2.75, 3.05) is 5.43 Å². The van der Waals surface area contributed by atoms with Crippen LogP contribution in [0.2, 0.25) is 0 Å². The van der Waals surface area contributed by atoms with Crippen LogP contribution in [-0.2, 0) is 0 Å². The van der Waals surface area contributed by atoms with E-state index in [9.17, 15) is 4.79 Å². The van der Waals surface area contributed by atoms with Crippen LogP contribution in [-0.4, -0.2) is 24.3 Å². The van der Waals surface area contributed by atoms with E-state index in [0.717, 1.165) is 0 Å². The van der Waals surface area contributed by atoms with Gasteiger partial charge in [-0.3, -0.25) is 4.79 Å². The summed E-state index contributed by atoms with van der Waals surface area (Å²) in [7, 11) is 0. The van der Waals surface area contributed by atoms with Crippen molar-refractivity contribution in [2.24, 2.45) is 5.84 Å². The van der Waals surface area contributed by atoms with Crippen LogP contribution in [0.5, 0.6) is 0 Å². The largest absolute Gasteiger partial charge is 0.307 e. The molecule has 8 nitrogen and oxygen atoms in total. The number of fused-ring (bicyclic) bond motifs is 1. The first-order valence-corrected chi connectivity index (χ1v) is 6.53. The van der Waals surface area contributed by atoms with E-state index in [4.69, 9.17) is 5.84 Å². The standard InChI is InChI=1S/C11H11N7OS/c1-6-4-8(19)16-11(14-6)20-10-9-13-2-3-18(9)5-7(15-10)17-12/h2-5,17H,12H2,1H3,(H,14,16,19). The van der Waals surface area contributed by atoms with Crippen LogP contribution in [0.15, 0.2) is 39.6 Å². The smallest absolute Gasteiger partial charge is 0.251 e. The lowest BCUT2D eigenvalue weighted by molar-refractivity contribution is 0.900. The molecule has 102 valence electrons. The highest BCUT2D eigenvalue weighted by Crippen LogP contribution is 2.26. The minimum Gasteiger partial charge on any atom is -0.307 e. The molecule has 3 aromatic rings. The Morgan fingerprint density at radius 1 is 1.45 bits per heavy atom. The molecule has 3 aromatic heterocycles. The van der Waals surface area contributed by atoms with Crippen molar-refractivity contribution >= 4 is 23.2 Å². The second kappa shape index (κ2) is 4.94. The number of rotatable bonds is 3. The SMILES string of the molecule is Cc1cc(=O)[nH]c(Sc2nc(NN)cn3ccnc23)n1. The highest BCUT2D eigenvalue weighted by Gasteiger charge is 2.10. The fourth-order valence-electron chi connectivity index (χ4n) is 1.73. The third kappa shape index (κ3) is 2.36. The summed E-state index contributed by atoms with van der Waals surface area (Å²) in [6.45, 7) is 1.76. The van der Waals surface area contributed by atoms with E-state index < -0.39 is 0 Å². The molecule has 20 heavy (non-hydrogen) atoms. The number of nitrogens with one attached hydrogen (secondary N) is 2. The molecule has 0 amide bonds. The molecule has 0 saturated carbocycles. The topological polar surface area (TPSA) is 114 Å². The molecule has 0 aliphatic heterocycles. The molecule has 3 heterocycles. The first-order chi connectivity index (χ1) is 9.65. The molecule has 0 aromatic carbocycles. The van der Waals surface area contributed by atoms with Crippen LogP contribution in [0, 0.1) is 6.92 Å². The molecule has 0 bridgehead atoms. The molecule has 0 atom stereocenters. The number of imidazole rings is 1. The summed E-state index contributed by atoms with van der Waals surface area (Å²) in [5.74, 6) is 5.88. The Labute approximate surface area is 117 Å². The van der Waals surface area contributed by atoms with E-state index in [0.29, 0.717) is 27.3 Å². The third-order valence-electron chi connectivity index (χ3n) is 2.53. The molecular weight excluding hydrogens is 278 g/mol. The fraction of sp³-hybridized carbons (Fsp3) is 0.0909. The van der Waals surface area contributed by atoms with Gasteiger partial charge in [-0.15, -0.1) is 0 Å². The zero-order valence-electron chi connectivity index (χ0n) is 10.5. The lowest BCUT2D eigenvalue weighted by Crippen LogP contribution is -2.11. The highest BCUT2D eigenvalue weighted by molar-refractivity contribution is 7.99.